The van der Waals surface area contributed by atoms with E-state index in [9.17, 15) is 9.59 Å². The van der Waals surface area contributed by atoms with Crippen LogP contribution in [0.15, 0.2) is 23.3 Å². The molecule has 0 unspecified atom stereocenters. The van der Waals surface area contributed by atoms with Crippen molar-refractivity contribution in [3.63, 3.8) is 0 Å². The molecule has 1 saturated carbocycles. The van der Waals surface area contributed by atoms with Crippen molar-refractivity contribution in [1.29, 1.82) is 0 Å². The molecule has 1 N–H and O–H groups in total. The second kappa shape index (κ2) is 8.77. The van der Waals surface area contributed by atoms with E-state index in [1.54, 1.807) is 23.4 Å². The summed E-state index contributed by atoms with van der Waals surface area (Å²) in [4.78, 5) is 42.6. The van der Waals surface area contributed by atoms with E-state index >= 15 is 0 Å². The summed E-state index contributed by atoms with van der Waals surface area (Å²) in [7, 11) is 0. The fraction of sp³-hybridized carbons (Fsp3) is 0.600. The summed E-state index contributed by atoms with van der Waals surface area (Å²) < 4.78 is 0. The molecule has 1 saturated heterocycles. The van der Waals surface area contributed by atoms with Crippen molar-refractivity contribution < 1.29 is 4.79 Å². The molecule has 170 valence electrons. The topological polar surface area (TPSA) is 82.2 Å². The Morgan fingerprint density at radius 2 is 1.97 bits per heavy atom. The van der Waals surface area contributed by atoms with Crippen LogP contribution in [0.25, 0.3) is 0 Å². The van der Waals surface area contributed by atoms with Gasteiger partial charge in [0.1, 0.15) is 5.82 Å². The third kappa shape index (κ3) is 3.98. The van der Waals surface area contributed by atoms with Gasteiger partial charge in [-0.15, -0.1) is 0 Å². The first kappa shape index (κ1) is 21.3. The minimum Gasteiger partial charge on any atom is -0.334 e. The molecule has 1 amide bonds. The fourth-order valence-electron chi connectivity index (χ4n) is 5.75. The molecule has 4 heterocycles. The van der Waals surface area contributed by atoms with Crippen molar-refractivity contribution in [2.45, 2.75) is 77.4 Å². The Balaban J connectivity index is 1.36. The monoisotopic (exact) mass is 435 g/mol. The Hall–Kier alpha value is -2.54. The summed E-state index contributed by atoms with van der Waals surface area (Å²) in [6.45, 7) is 6.23. The predicted octanol–water partition coefficient (Wildman–Crippen LogP) is 3.39. The first-order chi connectivity index (χ1) is 15.5. The van der Waals surface area contributed by atoms with Crippen molar-refractivity contribution in [2.24, 2.45) is 5.92 Å². The number of hydrogen-bond donors (Lipinski definition) is 1. The predicted molar refractivity (Wildman–Crippen MR) is 122 cm³/mol. The molecule has 0 bridgehead atoms. The number of nitrogens with zero attached hydrogens (tertiary/aromatic N) is 4. The zero-order valence-electron chi connectivity index (χ0n) is 19.1. The minimum absolute atomic E-state index is 0.0486. The van der Waals surface area contributed by atoms with Gasteiger partial charge in [0, 0.05) is 37.0 Å². The van der Waals surface area contributed by atoms with Crippen molar-refractivity contribution in [2.75, 3.05) is 13.1 Å². The Labute approximate surface area is 189 Å². The third-order valence-electron chi connectivity index (χ3n) is 7.69. The van der Waals surface area contributed by atoms with Gasteiger partial charge in [-0.1, -0.05) is 6.92 Å². The number of fused-ring (bicyclic) bond motifs is 1. The van der Waals surface area contributed by atoms with Gasteiger partial charge in [0.05, 0.1) is 23.8 Å². The zero-order chi connectivity index (χ0) is 22.2. The van der Waals surface area contributed by atoms with Crippen LogP contribution in [0, 0.1) is 12.8 Å². The van der Waals surface area contributed by atoms with Gasteiger partial charge in [-0.3, -0.25) is 19.5 Å². The number of amides is 1. The van der Waals surface area contributed by atoms with Gasteiger partial charge in [-0.25, -0.2) is 4.98 Å². The van der Waals surface area contributed by atoms with E-state index in [-0.39, 0.29) is 17.5 Å². The zero-order valence-corrected chi connectivity index (χ0v) is 19.1. The number of nitrogens with one attached hydrogen (secondary N) is 1. The van der Waals surface area contributed by atoms with E-state index in [1.165, 1.54) is 25.7 Å². The molecule has 0 radical (unpaired) electrons. The van der Waals surface area contributed by atoms with Gasteiger partial charge in [0.15, 0.2) is 0 Å². The molecule has 1 atom stereocenters. The van der Waals surface area contributed by atoms with Crippen molar-refractivity contribution in [3.05, 3.63) is 57.0 Å². The molecule has 2 aliphatic heterocycles. The van der Waals surface area contributed by atoms with Crippen molar-refractivity contribution in [3.8, 4) is 0 Å². The number of likely N-dealkylation sites (tertiary alicyclic amines) is 1. The van der Waals surface area contributed by atoms with Gasteiger partial charge in [-0.2, -0.15) is 0 Å². The average Bonchev–Trinajstić information content (AvgIpc) is 3.29. The van der Waals surface area contributed by atoms with Gasteiger partial charge >= 0.3 is 0 Å². The normalized spacial score (nSPS) is 26.2. The van der Waals surface area contributed by atoms with Crippen LogP contribution in [0.5, 0.6) is 0 Å². The summed E-state index contributed by atoms with van der Waals surface area (Å²) in [5.41, 5.74) is 2.91. The summed E-state index contributed by atoms with van der Waals surface area (Å²) in [6, 6.07) is 2.57. The van der Waals surface area contributed by atoms with E-state index in [0.29, 0.717) is 36.7 Å². The summed E-state index contributed by atoms with van der Waals surface area (Å²) >= 11 is 0. The highest BCUT2D eigenvalue weighted by Gasteiger charge is 2.36. The molecular weight excluding hydrogens is 402 g/mol. The van der Waals surface area contributed by atoms with E-state index < -0.39 is 0 Å². The number of hydrogen-bond acceptors (Lipinski definition) is 5. The lowest BCUT2D eigenvalue weighted by molar-refractivity contribution is 0.0731. The van der Waals surface area contributed by atoms with Crippen molar-refractivity contribution >= 4 is 5.91 Å². The van der Waals surface area contributed by atoms with E-state index in [2.05, 4.69) is 21.8 Å². The molecule has 3 aliphatic rings. The molecule has 5 rings (SSSR count). The molecule has 2 aromatic rings. The molecule has 0 aromatic carbocycles. The quantitative estimate of drug-likeness (QED) is 0.799. The minimum atomic E-state index is -0.0851. The van der Waals surface area contributed by atoms with Gasteiger partial charge < -0.3 is 9.88 Å². The number of H-pyrrole nitrogens is 1. The van der Waals surface area contributed by atoms with Gasteiger partial charge in [-0.05, 0) is 69.5 Å². The summed E-state index contributed by atoms with van der Waals surface area (Å²) in [5.74, 6) is 1.61. The second-order valence-corrected chi connectivity index (χ2v) is 9.85. The number of pyridine rings is 1. The number of aromatic amines is 1. The first-order valence-electron chi connectivity index (χ1n) is 12.1. The number of rotatable bonds is 3. The maximum atomic E-state index is 13.1. The fourth-order valence-corrected chi connectivity index (χ4v) is 5.75. The number of aromatic nitrogens is 3. The molecule has 2 aromatic heterocycles. The molecule has 7 nitrogen and oxygen atoms in total. The van der Waals surface area contributed by atoms with Crippen LogP contribution in [-0.4, -0.2) is 49.8 Å². The second-order valence-electron chi connectivity index (χ2n) is 9.85. The van der Waals surface area contributed by atoms with Crippen LogP contribution in [-0.2, 0) is 13.0 Å². The van der Waals surface area contributed by atoms with Crippen LogP contribution < -0.4 is 5.56 Å². The number of aryl methyl sites for hydroxylation is 1. The largest absolute Gasteiger partial charge is 0.334 e. The standard InChI is InChI=1S/C25H33N5O2/c1-16-5-7-18(8-6-16)30-12-3-4-22(30)23-27-21-10-13-29(15-20(21)24(31)28-23)25(32)19-9-11-26-14-17(19)2/h9,11,14,16,18,22H,3-8,10,12-13,15H2,1-2H3,(H,27,28,31)/t16?,18?,22-/m0/s1. The van der Waals surface area contributed by atoms with E-state index in [1.807, 2.05) is 6.92 Å². The lowest BCUT2D eigenvalue weighted by Crippen LogP contribution is -2.41. The molecular formula is C25H33N5O2. The van der Waals surface area contributed by atoms with Gasteiger partial charge in [0.25, 0.3) is 11.5 Å². The van der Waals surface area contributed by atoms with Crippen LogP contribution in [0.1, 0.15) is 84.5 Å². The Bertz CT molecular complexity index is 1060. The molecule has 0 spiro atoms. The average molecular weight is 436 g/mol. The van der Waals surface area contributed by atoms with Crippen LogP contribution in [0.4, 0.5) is 0 Å². The number of carbonyl (C=O) groups excluding carboxylic acids is 1. The highest BCUT2D eigenvalue weighted by atomic mass is 16.2. The van der Waals surface area contributed by atoms with Crippen molar-refractivity contribution in [1.82, 2.24) is 24.8 Å². The summed E-state index contributed by atoms with van der Waals surface area (Å²) in [5, 5.41) is 0. The van der Waals surface area contributed by atoms with Crippen LogP contribution in [0.3, 0.4) is 0 Å². The molecule has 7 heteroatoms. The number of carbonyl (C=O) groups is 1. The van der Waals surface area contributed by atoms with E-state index in [0.717, 1.165) is 42.4 Å². The Morgan fingerprint density at radius 1 is 1.16 bits per heavy atom. The van der Waals surface area contributed by atoms with Crippen LogP contribution >= 0.6 is 0 Å². The smallest absolute Gasteiger partial charge is 0.256 e. The van der Waals surface area contributed by atoms with Gasteiger partial charge in [0.2, 0.25) is 0 Å². The van der Waals surface area contributed by atoms with E-state index in [4.69, 9.17) is 4.98 Å². The SMILES string of the molecule is Cc1cnccc1C(=O)N1CCc2nc([C@@H]3CCCN3C3CCC(C)CC3)[nH]c(=O)c2C1. The lowest BCUT2D eigenvalue weighted by Gasteiger charge is -2.37. The first-order valence-corrected chi connectivity index (χ1v) is 12.1. The molecule has 2 fully saturated rings. The Morgan fingerprint density at radius 3 is 2.75 bits per heavy atom. The molecule has 1 aliphatic carbocycles. The summed E-state index contributed by atoms with van der Waals surface area (Å²) in [6.07, 6.45) is 11.3. The maximum absolute atomic E-state index is 13.1. The highest BCUT2D eigenvalue weighted by molar-refractivity contribution is 5.95. The third-order valence-corrected chi connectivity index (χ3v) is 7.69. The van der Waals surface area contributed by atoms with Crippen LogP contribution in [0.2, 0.25) is 0 Å². The Kier molecular flexibility index (Phi) is 5.84. The molecule has 32 heavy (non-hydrogen) atoms. The lowest BCUT2D eigenvalue weighted by atomic mass is 9.86. The maximum Gasteiger partial charge on any atom is 0.256 e. The highest BCUT2D eigenvalue weighted by Crippen LogP contribution is 2.37.